The molecule has 0 aliphatic carbocycles. The Bertz CT molecular complexity index is 1250. The summed E-state index contributed by atoms with van der Waals surface area (Å²) in [6, 6.07) is 0. The summed E-state index contributed by atoms with van der Waals surface area (Å²) in [5.41, 5.74) is 0. The van der Waals surface area contributed by atoms with Crippen molar-refractivity contribution in [3.63, 3.8) is 0 Å². The minimum Gasteiger partial charge on any atom is -0.756 e. The van der Waals surface area contributed by atoms with Crippen LogP contribution < -0.4 is 4.89 Å². The number of aliphatic hydroxyl groups is 3. The average Bonchev–Trinajstić information content (AvgIpc) is 3.16. The number of unbranched alkanes of at least 4 members (excludes halogenated alkanes) is 11. The highest BCUT2D eigenvalue weighted by Gasteiger charge is 2.21. The fourth-order valence-electron chi connectivity index (χ4n) is 5.32. The minimum absolute atomic E-state index is 0.0533. The van der Waals surface area contributed by atoms with Crippen LogP contribution in [0.25, 0.3) is 0 Å². The number of phosphoric ester groups is 1. The number of ether oxygens (including phenoxy) is 2. The molecule has 0 amide bonds. The average molecular weight is 838 g/mol. The SMILES string of the molecule is CC/C=C\C[C@H](O)/C=C/C=C/C=C\C=C/[C@@H](O)[C@H](O)CCCC(=O)O[C@H](CO/C=C/CCCCCCCC/C=C\CCCCCC)COP(=O)([O-])OCC[N+](C)(C)C. The zero-order chi connectivity index (χ0) is 43.2. The van der Waals surface area contributed by atoms with E-state index in [0.717, 1.165) is 25.7 Å². The van der Waals surface area contributed by atoms with Gasteiger partial charge in [0.1, 0.15) is 19.8 Å². The molecule has 3 N–H and O–H groups in total. The highest BCUT2D eigenvalue weighted by atomic mass is 31.2. The van der Waals surface area contributed by atoms with Gasteiger partial charge in [0.15, 0.2) is 6.10 Å². The zero-order valence-corrected chi connectivity index (χ0v) is 37.4. The standard InChI is InChI=1S/C46H80NO10P/c1-6-8-10-11-12-13-14-15-16-17-18-19-20-23-26-30-38-54-40-43(41-56-58(52,53)55-39-37-47(3,4)5)57-46(51)36-31-35-45(50)44(49)34-29-25-22-21-24-28-33-42(48)32-27-9-7-2/h9,13-14,21-22,24-25,27-30,33-34,38,42-45,48-50H,6-8,10-12,15-20,23,26,31-32,35-37,39-41H2,1-5H3/b14-13-,24-21+,25-22-,27-9-,33-28+,34-29-,38-30+/t42-,43+,44+,45+/m0/s1. The van der Waals surface area contributed by atoms with Crippen LogP contribution in [0.3, 0.4) is 0 Å². The predicted molar refractivity (Wildman–Crippen MR) is 235 cm³/mol. The van der Waals surface area contributed by atoms with Crippen LogP contribution in [0.1, 0.15) is 129 Å². The van der Waals surface area contributed by atoms with Crippen molar-refractivity contribution in [2.75, 3.05) is 47.5 Å². The van der Waals surface area contributed by atoms with Crippen molar-refractivity contribution in [3.05, 3.63) is 85.3 Å². The lowest BCUT2D eigenvalue weighted by molar-refractivity contribution is -0.870. The van der Waals surface area contributed by atoms with Gasteiger partial charge in [-0.05, 0) is 70.3 Å². The van der Waals surface area contributed by atoms with E-state index in [0.29, 0.717) is 17.4 Å². The Morgan fingerprint density at radius 1 is 0.707 bits per heavy atom. The Morgan fingerprint density at radius 3 is 1.91 bits per heavy atom. The molecule has 334 valence electrons. The van der Waals surface area contributed by atoms with Crippen molar-refractivity contribution in [3.8, 4) is 0 Å². The van der Waals surface area contributed by atoms with Crippen molar-refractivity contribution in [1.82, 2.24) is 0 Å². The summed E-state index contributed by atoms with van der Waals surface area (Å²) in [5.74, 6) is -0.614. The molecule has 11 nitrogen and oxygen atoms in total. The predicted octanol–water partition coefficient (Wildman–Crippen LogP) is 9.12. The smallest absolute Gasteiger partial charge is 0.306 e. The number of carbonyl (C=O) groups is 1. The molecule has 12 heteroatoms. The van der Waals surface area contributed by atoms with E-state index in [1.165, 1.54) is 76.5 Å². The number of esters is 1. The van der Waals surface area contributed by atoms with Crippen molar-refractivity contribution in [2.45, 2.75) is 154 Å². The topological polar surface area (TPSA) is 155 Å². The van der Waals surface area contributed by atoms with Crippen LogP contribution in [-0.2, 0) is 27.9 Å². The first kappa shape index (κ1) is 55.4. The van der Waals surface area contributed by atoms with Gasteiger partial charge in [0, 0.05) is 6.42 Å². The molecule has 0 fully saturated rings. The third-order valence-electron chi connectivity index (χ3n) is 8.84. The molecule has 0 heterocycles. The number of hydrogen-bond donors (Lipinski definition) is 3. The molecule has 0 radical (unpaired) electrons. The van der Waals surface area contributed by atoms with Gasteiger partial charge < -0.3 is 43.2 Å². The summed E-state index contributed by atoms with van der Waals surface area (Å²) in [7, 11) is 1.09. The minimum atomic E-state index is -4.65. The lowest BCUT2D eigenvalue weighted by Crippen LogP contribution is -2.37. The van der Waals surface area contributed by atoms with Crippen molar-refractivity contribution in [1.29, 1.82) is 0 Å². The normalized spacial score (nSPS) is 16.2. The maximum atomic E-state index is 12.7. The Balaban J connectivity index is 4.68. The molecule has 0 aromatic carbocycles. The van der Waals surface area contributed by atoms with Gasteiger partial charge in [-0.15, -0.1) is 0 Å². The second-order valence-corrected chi connectivity index (χ2v) is 17.0. The van der Waals surface area contributed by atoms with Crippen LogP contribution in [0.5, 0.6) is 0 Å². The molecular weight excluding hydrogens is 757 g/mol. The monoisotopic (exact) mass is 838 g/mol. The molecule has 0 rings (SSSR count). The Labute approximate surface area is 352 Å². The van der Waals surface area contributed by atoms with Gasteiger partial charge in [-0.1, -0.05) is 132 Å². The van der Waals surface area contributed by atoms with Crippen LogP contribution in [-0.4, -0.2) is 97.7 Å². The molecule has 0 aromatic rings. The Hall–Kier alpha value is -2.60. The lowest BCUT2D eigenvalue weighted by atomic mass is 10.1. The second kappa shape index (κ2) is 37.4. The van der Waals surface area contributed by atoms with Gasteiger partial charge >= 0.3 is 5.97 Å². The van der Waals surface area contributed by atoms with Gasteiger partial charge in [0.05, 0.1) is 52.3 Å². The van der Waals surface area contributed by atoms with Crippen LogP contribution in [0.15, 0.2) is 85.3 Å². The summed E-state index contributed by atoms with van der Waals surface area (Å²) in [6.45, 7) is 4.09. The van der Waals surface area contributed by atoms with Crippen LogP contribution >= 0.6 is 7.82 Å². The third kappa shape index (κ3) is 38.9. The second-order valence-electron chi connectivity index (χ2n) is 15.6. The van der Waals surface area contributed by atoms with Crippen LogP contribution in [0.4, 0.5) is 0 Å². The van der Waals surface area contributed by atoms with E-state index >= 15 is 0 Å². The number of allylic oxidation sites excluding steroid dienone is 10. The fraction of sp³-hybridized carbons (Fsp3) is 0.674. The van der Waals surface area contributed by atoms with E-state index in [1.54, 1.807) is 42.5 Å². The van der Waals surface area contributed by atoms with E-state index < -0.39 is 44.8 Å². The van der Waals surface area contributed by atoms with Crippen LogP contribution in [0, 0.1) is 0 Å². The molecular formula is C46H80NO10P. The number of quaternary nitrogens is 1. The highest BCUT2D eigenvalue weighted by molar-refractivity contribution is 7.45. The molecule has 1 unspecified atom stereocenters. The summed E-state index contributed by atoms with van der Waals surface area (Å²) in [6.07, 6.45) is 39.2. The molecule has 0 saturated carbocycles. The third-order valence-corrected chi connectivity index (χ3v) is 9.80. The number of phosphoric acid groups is 1. The van der Waals surface area contributed by atoms with E-state index in [9.17, 15) is 29.6 Å². The number of carbonyl (C=O) groups excluding carboxylic acids is 1. The quantitative estimate of drug-likeness (QED) is 0.0104. The Morgan fingerprint density at radius 2 is 1.29 bits per heavy atom. The number of hydrogen-bond acceptors (Lipinski definition) is 10. The van der Waals surface area contributed by atoms with Crippen molar-refractivity contribution >= 4 is 13.8 Å². The summed E-state index contributed by atoms with van der Waals surface area (Å²) in [5, 5.41) is 30.5. The summed E-state index contributed by atoms with van der Waals surface area (Å²) >= 11 is 0. The van der Waals surface area contributed by atoms with Gasteiger partial charge in [0.25, 0.3) is 7.82 Å². The molecule has 0 aliphatic rings. The van der Waals surface area contributed by atoms with E-state index in [4.69, 9.17) is 18.5 Å². The molecule has 0 spiro atoms. The molecule has 0 saturated heterocycles. The van der Waals surface area contributed by atoms with E-state index in [2.05, 4.69) is 19.1 Å². The molecule has 0 bridgehead atoms. The highest BCUT2D eigenvalue weighted by Crippen LogP contribution is 2.38. The zero-order valence-electron chi connectivity index (χ0n) is 36.5. The maximum Gasteiger partial charge on any atom is 0.306 e. The molecule has 0 aromatic heterocycles. The first-order valence-electron chi connectivity index (χ1n) is 21.7. The molecule has 0 aliphatic heterocycles. The number of rotatable bonds is 38. The van der Waals surface area contributed by atoms with Crippen molar-refractivity contribution < 1.29 is 52.6 Å². The summed E-state index contributed by atoms with van der Waals surface area (Å²) in [4.78, 5) is 25.1. The number of nitrogens with zero attached hydrogens (tertiary/aromatic N) is 1. The van der Waals surface area contributed by atoms with Crippen LogP contribution in [0.2, 0.25) is 0 Å². The van der Waals surface area contributed by atoms with Gasteiger partial charge in [-0.25, -0.2) is 0 Å². The lowest BCUT2D eigenvalue weighted by Gasteiger charge is -2.28. The van der Waals surface area contributed by atoms with Gasteiger partial charge in [-0.2, -0.15) is 0 Å². The molecule has 5 atom stereocenters. The number of likely N-dealkylation sites (N-methyl/N-ethyl adjacent to an activating group) is 1. The van der Waals surface area contributed by atoms with E-state index in [-0.39, 0.29) is 32.5 Å². The largest absolute Gasteiger partial charge is 0.756 e. The van der Waals surface area contributed by atoms with Crippen molar-refractivity contribution in [2.24, 2.45) is 0 Å². The first-order chi connectivity index (χ1) is 27.8. The summed E-state index contributed by atoms with van der Waals surface area (Å²) < 4.78 is 34.0. The van der Waals surface area contributed by atoms with Gasteiger partial charge in [0.2, 0.25) is 0 Å². The first-order valence-corrected chi connectivity index (χ1v) is 23.1. The Kier molecular flexibility index (Phi) is 35.7. The fourth-order valence-corrected chi connectivity index (χ4v) is 6.05. The molecule has 58 heavy (non-hydrogen) atoms. The number of aliphatic hydroxyl groups excluding tert-OH is 3. The van der Waals surface area contributed by atoms with Gasteiger partial charge in [-0.3, -0.25) is 9.36 Å². The van der Waals surface area contributed by atoms with E-state index in [1.807, 2.05) is 46.3 Å². The maximum absolute atomic E-state index is 12.7.